The lowest BCUT2D eigenvalue weighted by molar-refractivity contribution is 0.103. The lowest BCUT2D eigenvalue weighted by Gasteiger charge is -2.11. The smallest absolute Gasteiger partial charge is 0.193 e. The molecule has 21 heavy (non-hydrogen) atoms. The average Bonchev–Trinajstić information content (AvgIpc) is 2.55. The first-order valence-electron chi connectivity index (χ1n) is 6.81. The van der Waals surface area contributed by atoms with Gasteiger partial charge in [0.2, 0.25) is 0 Å². The minimum atomic E-state index is 0.00875. The number of anilines is 1. The summed E-state index contributed by atoms with van der Waals surface area (Å²) < 4.78 is 0. The second-order valence-corrected chi connectivity index (χ2v) is 4.83. The Morgan fingerprint density at radius 3 is 1.95 bits per heavy atom. The van der Waals surface area contributed by atoms with Gasteiger partial charge < -0.3 is 5.73 Å². The Morgan fingerprint density at radius 2 is 1.24 bits per heavy atom. The fourth-order valence-electron chi connectivity index (χ4n) is 2.40. The summed E-state index contributed by atoms with van der Waals surface area (Å²) in [5.41, 5.74) is 9.82. The molecule has 0 fully saturated rings. The first-order valence-corrected chi connectivity index (χ1v) is 6.81. The largest absolute Gasteiger partial charge is 0.398 e. The quantitative estimate of drug-likeness (QED) is 0.575. The van der Waals surface area contributed by atoms with Gasteiger partial charge in [-0.1, -0.05) is 72.8 Å². The first-order chi connectivity index (χ1) is 10.3. The second kappa shape index (κ2) is 5.63. The lowest BCUT2D eigenvalue weighted by Crippen LogP contribution is -2.04. The summed E-state index contributed by atoms with van der Waals surface area (Å²) in [6.07, 6.45) is 0. The third-order valence-electron chi connectivity index (χ3n) is 3.46. The molecule has 3 rings (SSSR count). The summed E-state index contributed by atoms with van der Waals surface area (Å²) in [4.78, 5) is 12.7. The normalized spacial score (nSPS) is 10.3. The SMILES string of the molecule is Nc1ccccc1-c1ccccc1C(=O)c1ccccc1. The standard InChI is InChI=1S/C19H15NO/c20-18-13-7-6-11-16(18)15-10-4-5-12-17(15)19(21)14-8-2-1-3-9-14/h1-13H,20H2. The minimum absolute atomic E-state index is 0.00875. The Bertz CT molecular complexity index is 778. The first kappa shape index (κ1) is 13.1. The summed E-state index contributed by atoms with van der Waals surface area (Å²) in [5, 5.41) is 0. The van der Waals surface area contributed by atoms with E-state index in [0.717, 1.165) is 11.1 Å². The number of nitrogen functional groups attached to an aromatic ring is 1. The van der Waals surface area contributed by atoms with Crippen LogP contribution in [0.5, 0.6) is 0 Å². The molecule has 2 heteroatoms. The maximum atomic E-state index is 12.7. The highest BCUT2D eigenvalue weighted by atomic mass is 16.1. The zero-order chi connectivity index (χ0) is 14.7. The number of benzene rings is 3. The van der Waals surface area contributed by atoms with Gasteiger partial charge in [-0.3, -0.25) is 4.79 Å². The van der Waals surface area contributed by atoms with Crippen molar-refractivity contribution in [3.05, 3.63) is 90.0 Å². The fraction of sp³-hybridized carbons (Fsp3) is 0. The van der Waals surface area contributed by atoms with Gasteiger partial charge in [0.15, 0.2) is 5.78 Å². The van der Waals surface area contributed by atoms with Crippen LogP contribution < -0.4 is 5.73 Å². The van der Waals surface area contributed by atoms with Crippen LogP contribution in [0.2, 0.25) is 0 Å². The molecule has 0 heterocycles. The van der Waals surface area contributed by atoms with Gasteiger partial charge in [0.25, 0.3) is 0 Å². The topological polar surface area (TPSA) is 43.1 Å². The number of para-hydroxylation sites is 1. The van der Waals surface area contributed by atoms with E-state index in [2.05, 4.69) is 0 Å². The van der Waals surface area contributed by atoms with Gasteiger partial charge in [-0.25, -0.2) is 0 Å². The van der Waals surface area contributed by atoms with E-state index in [1.165, 1.54) is 0 Å². The molecular weight excluding hydrogens is 258 g/mol. The van der Waals surface area contributed by atoms with Crippen molar-refractivity contribution < 1.29 is 4.79 Å². The molecule has 0 bridgehead atoms. The fourth-order valence-corrected chi connectivity index (χ4v) is 2.40. The number of hydrogen-bond donors (Lipinski definition) is 1. The van der Waals surface area contributed by atoms with Crippen LogP contribution in [0.4, 0.5) is 5.69 Å². The highest BCUT2D eigenvalue weighted by molar-refractivity contribution is 6.13. The van der Waals surface area contributed by atoms with Gasteiger partial charge in [0.05, 0.1) is 0 Å². The van der Waals surface area contributed by atoms with Crippen LogP contribution in [0.25, 0.3) is 11.1 Å². The zero-order valence-electron chi connectivity index (χ0n) is 11.5. The van der Waals surface area contributed by atoms with Crippen LogP contribution >= 0.6 is 0 Å². The Balaban J connectivity index is 2.13. The monoisotopic (exact) mass is 273 g/mol. The number of hydrogen-bond acceptors (Lipinski definition) is 2. The molecule has 0 amide bonds. The van der Waals surface area contributed by atoms with Gasteiger partial charge >= 0.3 is 0 Å². The van der Waals surface area contributed by atoms with Crippen molar-refractivity contribution in [1.82, 2.24) is 0 Å². The Kier molecular flexibility index (Phi) is 3.52. The van der Waals surface area contributed by atoms with E-state index in [9.17, 15) is 4.79 Å². The van der Waals surface area contributed by atoms with E-state index in [-0.39, 0.29) is 5.78 Å². The summed E-state index contributed by atoms with van der Waals surface area (Å²) in [6.45, 7) is 0. The molecule has 0 unspecified atom stereocenters. The molecule has 0 saturated heterocycles. The van der Waals surface area contributed by atoms with Crippen molar-refractivity contribution in [2.45, 2.75) is 0 Å². The van der Waals surface area contributed by atoms with E-state index < -0.39 is 0 Å². The Hall–Kier alpha value is -2.87. The van der Waals surface area contributed by atoms with E-state index >= 15 is 0 Å². The summed E-state index contributed by atoms with van der Waals surface area (Å²) >= 11 is 0. The van der Waals surface area contributed by atoms with E-state index in [0.29, 0.717) is 16.8 Å². The number of carbonyl (C=O) groups excluding carboxylic acids is 1. The second-order valence-electron chi connectivity index (χ2n) is 4.83. The van der Waals surface area contributed by atoms with Crippen LogP contribution in [0.1, 0.15) is 15.9 Å². The van der Waals surface area contributed by atoms with Crippen molar-refractivity contribution in [3.8, 4) is 11.1 Å². The van der Waals surface area contributed by atoms with Crippen LogP contribution in [0.15, 0.2) is 78.9 Å². The summed E-state index contributed by atoms with van der Waals surface area (Å²) in [7, 11) is 0. The van der Waals surface area contributed by atoms with Crippen molar-refractivity contribution in [2.75, 3.05) is 5.73 Å². The molecule has 3 aromatic rings. The maximum Gasteiger partial charge on any atom is 0.193 e. The molecule has 0 aliphatic carbocycles. The Labute approximate surface area is 123 Å². The number of carbonyl (C=O) groups is 1. The van der Waals surface area contributed by atoms with Gasteiger partial charge in [0.1, 0.15) is 0 Å². The maximum absolute atomic E-state index is 12.7. The number of rotatable bonds is 3. The summed E-state index contributed by atoms with van der Waals surface area (Å²) in [6, 6.07) is 24.5. The van der Waals surface area contributed by atoms with Gasteiger partial charge in [-0.05, 0) is 11.6 Å². The van der Waals surface area contributed by atoms with Crippen molar-refractivity contribution in [3.63, 3.8) is 0 Å². The van der Waals surface area contributed by atoms with Crippen LogP contribution in [0.3, 0.4) is 0 Å². The number of nitrogens with two attached hydrogens (primary N) is 1. The lowest BCUT2D eigenvalue weighted by atomic mass is 9.93. The van der Waals surface area contributed by atoms with Gasteiger partial charge in [0, 0.05) is 22.4 Å². The van der Waals surface area contributed by atoms with Gasteiger partial charge in [-0.15, -0.1) is 0 Å². The van der Waals surface area contributed by atoms with Gasteiger partial charge in [-0.2, -0.15) is 0 Å². The van der Waals surface area contributed by atoms with E-state index in [1.807, 2.05) is 78.9 Å². The van der Waals surface area contributed by atoms with E-state index in [4.69, 9.17) is 5.73 Å². The molecule has 3 aromatic carbocycles. The van der Waals surface area contributed by atoms with Crippen molar-refractivity contribution >= 4 is 11.5 Å². The highest BCUT2D eigenvalue weighted by Gasteiger charge is 2.15. The minimum Gasteiger partial charge on any atom is -0.398 e. The molecular formula is C19H15NO. The molecule has 0 aliphatic heterocycles. The highest BCUT2D eigenvalue weighted by Crippen LogP contribution is 2.29. The summed E-state index contributed by atoms with van der Waals surface area (Å²) in [5.74, 6) is 0.00875. The molecule has 0 atom stereocenters. The van der Waals surface area contributed by atoms with Crippen molar-refractivity contribution in [1.29, 1.82) is 0 Å². The molecule has 0 aliphatic rings. The predicted molar refractivity (Wildman–Crippen MR) is 86.2 cm³/mol. The van der Waals surface area contributed by atoms with Crippen LogP contribution in [-0.4, -0.2) is 5.78 Å². The molecule has 2 N–H and O–H groups in total. The predicted octanol–water partition coefficient (Wildman–Crippen LogP) is 4.17. The molecule has 0 radical (unpaired) electrons. The Morgan fingerprint density at radius 1 is 0.667 bits per heavy atom. The molecule has 2 nitrogen and oxygen atoms in total. The van der Waals surface area contributed by atoms with Crippen LogP contribution in [-0.2, 0) is 0 Å². The van der Waals surface area contributed by atoms with E-state index in [1.54, 1.807) is 0 Å². The molecule has 0 saturated carbocycles. The van der Waals surface area contributed by atoms with Crippen LogP contribution in [0, 0.1) is 0 Å². The zero-order valence-corrected chi connectivity index (χ0v) is 11.5. The molecule has 102 valence electrons. The molecule has 0 aromatic heterocycles. The molecule has 0 spiro atoms. The van der Waals surface area contributed by atoms with Crippen molar-refractivity contribution in [2.24, 2.45) is 0 Å². The third-order valence-corrected chi connectivity index (χ3v) is 3.46. The average molecular weight is 273 g/mol. The third kappa shape index (κ3) is 2.56. The number of ketones is 1.